The summed E-state index contributed by atoms with van der Waals surface area (Å²) in [6.07, 6.45) is -0.114. The number of hydrogen-bond acceptors (Lipinski definition) is 16. The third-order valence-electron chi connectivity index (χ3n) is 11.4. The molecule has 0 radical (unpaired) electrons. The van der Waals surface area contributed by atoms with E-state index in [-0.39, 0.29) is 47.7 Å². The second-order valence-corrected chi connectivity index (χ2v) is 26.5. The highest BCUT2D eigenvalue weighted by molar-refractivity contribution is 8.13. The molecular formula is C60H63Cl4N9O8S3. The average molecular weight is 1280 g/mol. The molecule has 5 N–H and O–H groups in total. The van der Waals surface area contributed by atoms with Crippen LogP contribution in [0, 0.1) is 27.7 Å². The predicted molar refractivity (Wildman–Crippen MR) is 338 cm³/mol. The molecule has 6 heterocycles. The van der Waals surface area contributed by atoms with Crippen LogP contribution in [0.15, 0.2) is 179 Å². The van der Waals surface area contributed by atoms with Crippen LogP contribution in [0.1, 0.15) is 63.4 Å². The van der Waals surface area contributed by atoms with E-state index in [0.29, 0.717) is 49.4 Å². The van der Waals surface area contributed by atoms with Gasteiger partial charge in [0, 0.05) is 34.5 Å². The van der Waals surface area contributed by atoms with Crippen molar-refractivity contribution in [2.45, 2.75) is 88.7 Å². The standard InChI is InChI=1S/C24H25ClN2O4S.C17H15ClN4O2S.C12H11ClN2.C6H6ClNO2S.CH4.H2/c1-16-8-5-6-10-19(16)23-20(25)13-12-18(27-23)15-32(29,30)21-11-7-9-17(26-21)14-22(28)31-24(2,3)4;1-11-5-2-3-6-12(11)17-13(18)9-10-15(21-17)22-25(23,24)16-8-4-7-14(19)20-16;1-8-4-2-3-5-9(8)12-10(13)6-7-11(14)15-12;1-5-3-2-4-6(8-5)11(7,9)10;;/h5-13H,14-15H2,1-4H3;2-10H,1H3,(H2,19,20)(H,21,22);2-7H,1H3,(H2,14,15);2-4H,1H3;1H4;1H/i;;;;;1+1. The van der Waals surface area contributed by atoms with E-state index in [9.17, 15) is 30.0 Å². The Morgan fingerprint density at radius 3 is 1.49 bits per heavy atom. The minimum atomic E-state index is -3.90. The molecule has 0 atom stereocenters. The molecule has 0 spiro atoms. The van der Waals surface area contributed by atoms with Gasteiger partial charge in [-0.3, -0.25) is 14.5 Å². The number of carbonyl (C=O) groups excluding carboxylic acids is 1. The number of pyridine rings is 6. The average Bonchev–Trinajstić information content (AvgIpc) is 3.35. The van der Waals surface area contributed by atoms with Gasteiger partial charge in [0.25, 0.3) is 19.1 Å². The summed E-state index contributed by atoms with van der Waals surface area (Å²) in [6, 6.07) is 46.6. The number of aryl methyl sites for hydroxylation is 4. The van der Waals surface area contributed by atoms with E-state index in [1.807, 2.05) is 93.6 Å². The summed E-state index contributed by atoms with van der Waals surface area (Å²) in [5.41, 5.74) is 19.4. The Morgan fingerprint density at radius 2 is 0.976 bits per heavy atom. The monoisotopic (exact) mass is 1270 g/mol. The zero-order chi connectivity index (χ0) is 60.9. The minimum Gasteiger partial charge on any atom is -0.460 e. The van der Waals surface area contributed by atoms with E-state index in [4.69, 9.17) is 61.7 Å². The summed E-state index contributed by atoms with van der Waals surface area (Å²) in [5.74, 6) is -0.0646. The van der Waals surface area contributed by atoms with E-state index in [2.05, 4.69) is 34.6 Å². The molecular weight excluding hydrogens is 1210 g/mol. The molecule has 442 valence electrons. The van der Waals surface area contributed by atoms with Gasteiger partial charge in [-0.05, 0) is 138 Å². The number of carbonyl (C=O) groups is 1. The fourth-order valence-electron chi connectivity index (χ4n) is 7.55. The van der Waals surface area contributed by atoms with Crippen LogP contribution in [0.2, 0.25) is 15.1 Å². The number of nitrogens with zero attached hydrogens (tertiary/aromatic N) is 6. The van der Waals surface area contributed by atoms with E-state index in [1.165, 1.54) is 36.4 Å². The van der Waals surface area contributed by atoms with E-state index in [0.717, 1.165) is 39.1 Å². The fraction of sp³-hybridized carbons (Fsp3) is 0.183. The first kappa shape index (κ1) is 67.2. The third-order valence-corrected chi connectivity index (χ3v) is 16.3. The summed E-state index contributed by atoms with van der Waals surface area (Å²) in [7, 11) is -6.33. The van der Waals surface area contributed by atoms with Gasteiger partial charge in [0.2, 0.25) is 9.84 Å². The van der Waals surface area contributed by atoms with Crippen LogP contribution >= 0.6 is 45.5 Å². The fourth-order valence-corrected chi connectivity index (χ4v) is 11.1. The zero-order valence-electron chi connectivity index (χ0n) is 45.8. The Kier molecular flexibility index (Phi) is 23.5. The largest absolute Gasteiger partial charge is 0.460 e. The molecule has 0 amide bonds. The number of nitrogen functional groups attached to an aromatic ring is 2. The first-order valence-corrected chi connectivity index (χ1v) is 31.5. The van der Waals surface area contributed by atoms with Gasteiger partial charge < -0.3 is 16.2 Å². The Morgan fingerprint density at radius 1 is 0.512 bits per heavy atom. The highest BCUT2D eigenvalue weighted by Gasteiger charge is 2.23. The molecule has 9 rings (SSSR count). The van der Waals surface area contributed by atoms with E-state index >= 15 is 0 Å². The normalized spacial score (nSPS) is 11.2. The second-order valence-electron chi connectivity index (χ2n) is 19.2. The molecule has 0 saturated heterocycles. The van der Waals surface area contributed by atoms with Gasteiger partial charge in [0.1, 0.15) is 23.1 Å². The first-order valence-electron chi connectivity index (χ1n) is 25.0. The molecule has 0 aliphatic carbocycles. The van der Waals surface area contributed by atoms with Crippen molar-refractivity contribution in [1.29, 1.82) is 0 Å². The van der Waals surface area contributed by atoms with Crippen LogP contribution in [0.4, 0.5) is 17.5 Å². The van der Waals surface area contributed by atoms with Crippen molar-refractivity contribution in [3.63, 3.8) is 0 Å². The quantitative estimate of drug-likeness (QED) is 0.0758. The van der Waals surface area contributed by atoms with Gasteiger partial charge in [-0.1, -0.05) is 133 Å². The maximum Gasteiger partial charge on any atom is 0.312 e. The Hall–Kier alpha value is -7.56. The lowest BCUT2D eigenvalue weighted by Gasteiger charge is -2.19. The topological polar surface area (TPSA) is 270 Å². The number of sulfonamides is 1. The number of nitrogens with one attached hydrogen (secondary N) is 1. The van der Waals surface area contributed by atoms with E-state index < -0.39 is 40.5 Å². The lowest BCUT2D eigenvalue weighted by Crippen LogP contribution is -2.25. The van der Waals surface area contributed by atoms with Crippen LogP contribution in [0.25, 0.3) is 33.8 Å². The van der Waals surface area contributed by atoms with Crippen LogP contribution in [0.3, 0.4) is 0 Å². The molecule has 84 heavy (non-hydrogen) atoms. The van der Waals surface area contributed by atoms with Crippen molar-refractivity contribution in [1.82, 2.24) is 29.9 Å². The van der Waals surface area contributed by atoms with Gasteiger partial charge >= 0.3 is 5.97 Å². The molecule has 9 aromatic rings. The van der Waals surface area contributed by atoms with Crippen molar-refractivity contribution >= 4 is 97.8 Å². The van der Waals surface area contributed by atoms with Crippen molar-refractivity contribution < 1.29 is 36.2 Å². The molecule has 0 aliphatic heterocycles. The summed E-state index contributed by atoms with van der Waals surface area (Å²) >= 11 is 18.7. The molecule has 0 fully saturated rings. The lowest BCUT2D eigenvalue weighted by molar-refractivity contribution is -0.154. The van der Waals surface area contributed by atoms with Crippen LogP contribution in [-0.2, 0) is 50.6 Å². The van der Waals surface area contributed by atoms with E-state index in [1.54, 1.807) is 82.3 Å². The number of esters is 1. The number of halogens is 4. The molecule has 0 bridgehead atoms. The van der Waals surface area contributed by atoms with Gasteiger partial charge in [-0.15, -0.1) is 0 Å². The van der Waals surface area contributed by atoms with Crippen LogP contribution in [0.5, 0.6) is 0 Å². The Balaban J connectivity index is 0.000000258. The van der Waals surface area contributed by atoms with Crippen LogP contribution in [-0.4, -0.2) is 66.7 Å². The lowest BCUT2D eigenvalue weighted by atomic mass is 10.1. The Bertz CT molecular complexity index is 4160. The summed E-state index contributed by atoms with van der Waals surface area (Å²) in [5, 5.41) is 1.10. The molecule has 6 aromatic heterocycles. The minimum absolute atomic E-state index is 0. The summed E-state index contributed by atoms with van der Waals surface area (Å²) < 4.78 is 80.0. The van der Waals surface area contributed by atoms with Crippen molar-refractivity contribution in [2.75, 3.05) is 16.2 Å². The van der Waals surface area contributed by atoms with Crippen molar-refractivity contribution in [2.24, 2.45) is 0 Å². The molecule has 0 aliphatic rings. The number of nitrogens with two attached hydrogens (primary N) is 2. The SMILES string of the molecule is C.Cc1cccc(S(=O)(=O)Cl)n1.Cc1ccccc1-c1nc(CS(=O)(=O)c2cccc(CC(=O)OC(C)(C)C)n2)ccc1Cl.Cc1ccccc1-c1nc(N)ccc1Cl.Cc1ccccc1-c1nc(NS(=O)(=O)c2cccc(N)n2)ccc1Cl.[2HH]. The highest BCUT2D eigenvalue weighted by atomic mass is 35.7. The van der Waals surface area contributed by atoms with Gasteiger partial charge in [0.05, 0.1) is 55.7 Å². The van der Waals surface area contributed by atoms with Gasteiger partial charge in [0.15, 0.2) is 15.1 Å². The third kappa shape index (κ3) is 19.5. The van der Waals surface area contributed by atoms with Crippen molar-refractivity contribution in [3.05, 3.63) is 213 Å². The molecule has 17 nitrogen and oxygen atoms in total. The smallest absolute Gasteiger partial charge is 0.312 e. The number of aromatic nitrogens is 6. The van der Waals surface area contributed by atoms with Crippen LogP contribution < -0.4 is 16.2 Å². The predicted octanol–water partition coefficient (Wildman–Crippen LogP) is 13.9. The number of benzene rings is 3. The molecule has 3 aromatic carbocycles. The number of hydrogen-bond donors (Lipinski definition) is 3. The summed E-state index contributed by atoms with van der Waals surface area (Å²) in [4.78, 5) is 36.9. The number of rotatable bonds is 12. The highest BCUT2D eigenvalue weighted by Crippen LogP contribution is 2.32. The second kappa shape index (κ2) is 29.3. The van der Waals surface area contributed by atoms with Gasteiger partial charge in [-0.25, -0.2) is 41.8 Å². The van der Waals surface area contributed by atoms with Crippen molar-refractivity contribution in [3.8, 4) is 33.8 Å². The number of anilines is 3. The van der Waals surface area contributed by atoms with Gasteiger partial charge in [-0.2, -0.15) is 8.42 Å². The molecule has 0 unspecified atom stereocenters. The number of sulfone groups is 1. The maximum atomic E-state index is 13.0. The maximum absolute atomic E-state index is 13.0. The number of ether oxygens (including phenoxy) is 1. The zero-order valence-corrected chi connectivity index (χ0v) is 51.3. The first-order chi connectivity index (χ1) is 39.0. The Labute approximate surface area is 511 Å². The molecule has 24 heteroatoms. The summed E-state index contributed by atoms with van der Waals surface area (Å²) in [6.45, 7) is 12.9. The molecule has 0 saturated carbocycles.